The van der Waals surface area contributed by atoms with Gasteiger partial charge in [0.05, 0.1) is 11.4 Å². The van der Waals surface area contributed by atoms with E-state index < -0.39 is 0 Å². The van der Waals surface area contributed by atoms with Gasteiger partial charge in [0.1, 0.15) is 5.69 Å². The van der Waals surface area contributed by atoms with E-state index in [1.807, 2.05) is 19.9 Å². The number of aryl methyl sites for hydroxylation is 1. The Morgan fingerprint density at radius 1 is 1.22 bits per heavy atom. The largest absolute Gasteiger partial charge is 0.368 e. The summed E-state index contributed by atoms with van der Waals surface area (Å²) < 4.78 is 0. The third kappa shape index (κ3) is 4.94. The van der Waals surface area contributed by atoms with Crippen LogP contribution in [0, 0.1) is 6.92 Å². The zero-order valence-corrected chi connectivity index (χ0v) is 18.2. The maximum absolute atomic E-state index is 12.2. The van der Waals surface area contributed by atoms with Gasteiger partial charge in [-0.25, -0.2) is 19.9 Å². The molecular weight excluding hydrogens is 410 g/mol. The predicted molar refractivity (Wildman–Crippen MR) is 122 cm³/mol. The molecule has 1 saturated heterocycles. The number of aromatic amines is 2. The number of H-pyrrole nitrogens is 2. The Morgan fingerprint density at radius 2 is 2.03 bits per heavy atom. The van der Waals surface area contributed by atoms with Gasteiger partial charge in [-0.3, -0.25) is 15.0 Å². The van der Waals surface area contributed by atoms with E-state index in [1.165, 1.54) is 0 Å². The average molecular weight is 438 g/mol. The Hall–Kier alpha value is -3.73. The van der Waals surface area contributed by atoms with Gasteiger partial charge in [0.2, 0.25) is 0 Å². The van der Waals surface area contributed by atoms with Gasteiger partial charge in [0.25, 0.3) is 5.56 Å². The second-order valence-corrected chi connectivity index (χ2v) is 7.59. The predicted octanol–water partition coefficient (Wildman–Crippen LogP) is 1.33. The summed E-state index contributed by atoms with van der Waals surface area (Å²) >= 11 is 0. The number of pyridine rings is 1. The zero-order valence-electron chi connectivity index (χ0n) is 18.2. The first-order valence-corrected chi connectivity index (χ1v) is 10.6. The van der Waals surface area contributed by atoms with Crippen LogP contribution in [-0.2, 0) is 6.54 Å². The normalized spacial score (nSPS) is 14.4. The molecule has 0 aliphatic carbocycles. The number of anilines is 2. The van der Waals surface area contributed by atoms with Crippen molar-refractivity contribution in [2.75, 3.05) is 42.9 Å². The molecule has 1 fully saturated rings. The van der Waals surface area contributed by atoms with Crippen molar-refractivity contribution in [3.63, 3.8) is 0 Å². The molecule has 4 rings (SSSR count). The molecular formula is C21H27N9O2. The van der Waals surface area contributed by atoms with Crippen LogP contribution in [0.4, 0.5) is 16.3 Å². The molecule has 11 heteroatoms. The molecule has 0 radical (unpaired) electrons. The summed E-state index contributed by atoms with van der Waals surface area (Å²) in [5, 5.41) is 11.6. The number of amides is 2. The molecule has 3 aromatic rings. The quantitative estimate of drug-likeness (QED) is 0.457. The number of hydrogen-bond donors (Lipinski definition) is 4. The Kier molecular flexibility index (Phi) is 6.45. The monoisotopic (exact) mass is 437 g/mol. The first-order chi connectivity index (χ1) is 15.5. The van der Waals surface area contributed by atoms with Gasteiger partial charge in [0, 0.05) is 57.2 Å². The second kappa shape index (κ2) is 9.60. The Labute approximate surface area is 185 Å². The lowest BCUT2D eigenvalue weighted by Gasteiger charge is -2.36. The first-order valence-electron chi connectivity index (χ1n) is 10.6. The van der Waals surface area contributed by atoms with Crippen LogP contribution in [0.1, 0.15) is 18.2 Å². The third-order valence-corrected chi connectivity index (χ3v) is 5.37. The summed E-state index contributed by atoms with van der Waals surface area (Å²) in [4.78, 5) is 40.5. The van der Waals surface area contributed by atoms with Gasteiger partial charge < -0.3 is 15.2 Å². The Morgan fingerprint density at radius 3 is 2.72 bits per heavy atom. The fourth-order valence-electron chi connectivity index (χ4n) is 3.76. The molecule has 4 N–H and O–H groups in total. The number of rotatable bonds is 6. The lowest BCUT2D eigenvalue weighted by atomic mass is 10.2. The maximum atomic E-state index is 12.2. The first kappa shape index (κ1) is 21.5. The summed E-state index contributed by atoms with van der Waals surface area (Å²) in [6.07, 6.45) is 3.50. The molecule has 0 saturated carbocycles. The van der Waals surface area contributed by atoms with Crippen LogP contribution in [0.2, 0.25) is 0 Å². The highest BCUT2D eigenvalue weighted by Gasteiger charge is 2.20. The number of nitrogens with zero attached hydrogens (tertiary/aromatic N) is 5. The van der Waals surface area contributed by atoms with Crippen molar-refractivity contribution in [3.05, 3.63) is 52.2 Å². The van der Waals surface area contributed by atoms with Gasteiger partial charge >= 0.3 is 6.03 Å². The SMILES string of the molecule is CCNC(=O)Nc1cc(CN2CCN(c3ccc(-c4ncc[nH]4)nc3C)CC2)c(=O)[nH]n1. The van der Waals surface area contributed by atoms with Crippen LogP contribution < -0.4 is 21.1 Å². The van der Waals surface area contributed by atoms with Gasteiger partial charge in [-0.15, -0.1) is 0 Å². The van der Waals surface area contributed by atoms with Gasteiger partial charge in [-0.1, -0.05) is 0 Å². The molecule has 2 amide bonds. The number of piperazine rings is 1. The van der Waals surface area contributed by atoms with Crippen molar-refractivity contribution in [1.29, 1.82) is 0 Å². The number of carbonyl (C=O) groups excluding carboxylic acids is 1. The van der Waals surface area contributed by atoms with Gasteiger partial charge in [0.15, 0.2) is 11.6 Å². The molecule has 32 heavy (non-hydrogen) atoms. The van der Waals surface area contributed by atoms with Crippen LogP contribution in [0.25, 0.3) is 11.5 Å². The highest BCUT2D eigenvalue weighted by Crippen LogP contribution is 2.23. The summed E-state index contributed by atoms with van der Waals surface area (Å²) in [6.45, 7) is 8.10. The van der Waals surface area contributed by atoms with E-state index >= 15 is 0 Å². The molecule has 0 atom stereocenters. The fourth-order valence-corrected chi connectivity index (χ4v) is 3.76. The van der Waals surface area contributed by atoms with Crippen LogP contribution in [-0.4, -0.2) is 68.8 Å². The van der Waals surface area contributed by atoms with E-state index in [-0.39, 0.29) is 11.6 Å². The van der Waals surface area contributed by atoms with Crippen LogP contribution in [0.3, 0.4) is 0 Å². The lowest BCUT2D eigenvalue weighted by Crippen LogP contribution is -2.46. The van der Waals surface area contributed by atoms with E-state index in [0.29, 0.717) is 24.5 Å². The smallest absolute Gasteiger partial charge is 0.320 e. The van der Waals surface area contributed by atoms with E-state index in [2.05, 4.69) is 46.7 Å². The summed E-state index contributed by atoms with van der Waals surface area (Å²) in [6, 6.07) is 5.34. The highest BCUT2D eigenvalue weighted by molar-refractivity contribution is 5.88. The van der Waals surface area contributed by atoms with E-state index in [9.17, 15) is 9.59 Å². The van der Waals surface area contributed by atoms with Crippen LogP contribution in [0.15, 0.2) is 35.4 Å². The van der Waals surface area contributed by atoms with Crippen LogP contribution >= 0.6 is 0 Å². The second-order valence-electron chi connectivity index (χ2n) is 7.59. The Bertz CT molecular complexity index is 1120. The minimum absolute atomic E-state index is 0.248. The zero-order chi connectivity index (χ0) is 22.5. The number of urea groups is 1. The third-order valence-electron chi connectivity index (χ3n) is 5.37. The lowest BCUT2D eigenvalue weighted by molar-refractivity contribution is 0.248. The van der Waals surface area contributed by atoms with Crippen LogP contribution in [0.5, 0.6) is 0 Å². The molecule has 1 aliphatic heterocycles. The topological polar surface area (TPSA) is 135 Å². The maximum Gasteiger partial charge on any atom is 0.320 e. The molecule has 1 aliphatic rings. The standard InChI is InChI=1S/C21H27N9O2/c1-3-22-21(32)26-18-12-15(20(31)28-27-18)13-29-8-10-30(11-9-29)17-5-4-16(25-14(17)2)19-23-6-7-24-19/h4-7,12H,3,8-11,13H2,1-2H3,(H,23,24)(H,28,31)(H2,22,26,27,32). The van der Waals surface area contributed by atoms with Crippen molar-refractivity contribution in [1.82, 2.24) is 35.4 Å². The molecule has 0 bridgehead atoms. The van der Waals surface area contributed by atoms with Crippen molar-refractivity contribution in [2.24, 2.45) is 0 Å². The van der Waals surface area contributed by atoms with E-state index in [0.717, 1.165) is 49.1 Å². The highest BCUT2D eigenvalue weighted by atomic mass is 16.2. The molecule has 0 spiro atoms. The average Bonchev–Trinajstić information content (AvgIpc) is 3.32. The fraction of sp³-hybridized carbons (Fsp3) is 0.381. The molecule has 11 nitrogen and oxygen atoms in total. The van der Waals surface area contributed by atoms with E-state index in [1.54, 1.807) is 18.5 Å². The number of carbonyl (C=O) groups is 1. The number of nitrogens with one attached hydrogen (secondary N) is 4. The van der Waals surface area contributed by atoms with Crippen molar-refractivity contribution in [2.45, 2.75) is 20.4 Å². The summed E-state index contributed by atoms with van der Waals surface area (Å²) in [5.41, 5.74) is 3.21. The van der Waals surface area contributed by atoms with Gasteiger partial charge in [-0.2, -0.15) is 5.10 Å². The summed E-state index contributed by atoms with van der Waals surface area (Å²) in [5.74, 6) is 1.08. The van der Waals surface area contributed by atoms with E-state index in [4.69, 9.17) is 4.98 Å². The summed E-state index contributed by atoms with van der Waals surface area (Å²) in [7, 11) is 0. The van der Waals surface area contributed by atoms with Crippen molar-refractivity contribution < 1.29 is 4.79 Å². The Balaban J connectivity index is 1.37. The minimum Gasteiger partial charge on any atom is -0.368 e. The van der Waals surface area contributed by atoms with Crippen molar-refractivity contribution in [3.8, 4) is 11.5 Å². The molecule has 3 aromatic heterocycles. The molecule has 0 unspecified atom stereocenters. The van der Waals surface area contributed by atoms with Crippen molar-refractivity contribution >= 4 is 17.5 Å². The number of hydrogen-bond acceptors (Lipinski definition) is 7. The molecule has 168 valence electrons. The molecule has 0 aromatic carbocycles. The molecule has 4 heterocycles. The number of imidazole rings is 1. The minimum atomic E-state index is -0.353. The van der Waals surface area contributed by atoms with Gasteiger partial charge in [-0.05, 0) is 32.0 Å². The number of aromatic nitrogens is 5.